The van der Waals surface area contributed by atoms with E-state index in [0.29, 0.717) is 0 Å². The average molecular weight is 299 g/mol. The molecule has 0 fully saturated rings. The molecule has 0 bridgehead atoms. The van der Waals surface area contributed by atoms with Crippen LogP contribution in [0.15, 0.2) is 36.7 Å². The van der Waals surface area contributed by atoms with Gasteiger partial charge in [-0.3, -0.25) is 9.38 Å². The molecular weight excluding hydrogens is 293 g/mol. The molecule has 2 heterocycles. The van der Waals surface area contributed by atoms with Gasteiger partial charge in [-0.25, -0.2) is 0 Å². The van der Waals surface area contributed by atoms with E-state index >= 15 is 0 Å². The minimum atomic E-state index is -4.48. The molecular formula is C12H6ClF3N4. The SMILES string of the molecule is FC(F)(F)c1ccccc1-c1nnc2cncc(Cl)n12. The van der Waals surface area contributed by atoms with Crippen LogP contribution in [-0.4, -0.2) is 19.6 Å². The normalized spacial score (nSPS) is 12.0. The number of aromatic nitrogens is 4. The highest BCUT2D eigenvalue weighted by Gasteiger charge is 2.34. The molecule has 8 heteroatoms. The fourth-order valence-electron chi connectivity index (χ4n) is 1.91. The molecule has 3 rings (SSSR count). The van der Waals surface area contributed by atoms with Crippen LogP contribution in [0, 0.1) is 0 Å². The Morgan fingerprint density at radius 1 is 1.05 bits per heavy atom. The first-order valence-electron chi connectivity index (χ1n) is 5.50. The zero-order valence-electron chi connectivity index (χ0n) is 9.76. The van der Waals surface area contributed by atoms with E-state index in [1.807, 2.05) is 0 Å². The molecule has 20 heavy (non-hydrogen) atoms. The van der Waals surface area contributed by atoms with E-state index in [0.717, 1.165) is 6.07 Å². The molecule has 0 unspecified atom stereocenters. The molecule has 0 atom stereocenters. The molecule has 3 aromatic rings. The molecule has 0 saturated carbocycles. The van der Waals surface area contributed by atoms with Crippen molar-refractivity contribution in [3.05, 3.63) is 47.4 Å². The molecule has 2 aromatic heterocycles. The van der Waals surface area contributed by atoms with E-state index in [9.17, 15) is 13.2 Å². The summed E-state index contributed by atoms with van der Waals surface area (Å²) in [7, 11) is 0. The Hall–Kier alpha value is -2.15. The molecule has 4 nitrogen and oxygen atoms in total. The summed E-state index contributed by atoms with van der Waals surface area (Å²) in [6.07, 6.45) is -1.79. The molecule has 1 aromatic carbocycles. The van der Waals surface area contributed by atoms with Gasteiger partial charge >= 0.3 is 6.18 Å². The number of fused-ring (bicyclic) bond motifs is 1. The Bertz CT molecular complexity index is 782. The van der Waals surface area contributed by atoms with Gasteiger partial charge in [0, 0.05) is 5.56 Å². The van der Waals surface area contributed by atoms with Crippen LogP contribution in [0.5, 0.6) is 0 Å². The van der Waals surface area contributed by atoms with Crippen molar-refractivity contribution >= 4 is 17.2 Å². The first kappa shape index (κ1) is 12.9. The monoisotopic (exact) mass is 298 g/mol. The van der Waals surface area contributed by atoms with Crippen LogP contribution in [0.25, 0.3) is 17.0 Å². The summed E-state index contributed by atoms with van der Waals surface area (Å²) in [5, 5.41) is 7.71. The van der Waals surface area contributed by atoms with Crippen molar-refractivity contribution in [2.45, 2.75) is 6.18 Å². The number of hydrogen-bond donors (Lipinski definition) is 0. The maximum Gasteiger partial charge on any atom is 0.417 e. The fourth-order valence-corrected chi connectivity index (χ4v) is 2.14. The molecule has 0 amide bonds. The summed E-state index contributed by atoms with van der Waals surface area (Å²) < 4.78 is 40.4. The third kappa shape index (κ3) is 2.00. The van der Waals surface area contributed by atoms with E-state index in [1.165, 1.54) is 35.0 Å². The van der Waals surface area contributed by atoms with Crippen LogP contribution in [0.2, 0.25) is 5.15 Å². The van der Waals surface area contributed by atoms with Crippen molar-refractivity contribution in [2.24, 2.45) is 0 Å². The van der Waals surface area contributed by atoms with E-state index in [1.54, 1.807) is 0 Å². The summed E-state index contributed by atoms with van der Waals surface area (Å²) in [5.74, 6) is 0.0281. The lowest BCUT2D eigenvalue weighted by Crippen LogP contribution is -2.08. The zero-order chi connectivity index (χ0) is 14.3. The average Bonchev–Trinajstić information content (AvgIpc) is 2.83. The summed E-state index contributed by atoms with van der Waals surface area (Å²) >= 11 is 5.96. The number of nitrogens with zero attached hydrogens (tertiary/aromatic N) is 4. The van der Waals surface area contributed by atoms with Crippen LogP contribution in [0.3, 0.4) is 0 Å². The van der Waals surface area contributed by atoms with Gasteiger partial charge in [0.2, 0.25) is 0 Å². The lowest BCUT2D eigenvalue weighted by Gasteiger charge is -2.11. The van der Waals surface area contributed by atoms with Crippen LogP contribution in [0.4, 0.5) is 13.2 Å². The Balaban J connectivity index is 2.33. The maximum absolute atomic E-state index is 13.0. The molecule has 0 spiro atoms. The second kappa shape index (κ2) is 4.45. The van der Waals surface area contributed by atoms with Gasteiger partial charge in [-0.2, -0.15) is 13.2 Å². The molecule has 0 aliphatic rings. The highest BCUT2D eigenvalue weighted by molar-refractivity contribution is 6.29. The number of halogens is 4. The van der Waals surface area contributed by atoms with E-state index in [4.69, 9.17) is 11.6 Å². The summed E-state index contributed by atoms with van der Waals surface area (Å²) in [4.78, 5) is 3.81. The highest BCUT2D eigenvalue weighted by Crippen LogP contribution is 2.36. The lowest BCUT2D eigenvalue weighted by molar-refractivity contribution is -0.137. The van der Waals surface area contributed by atoms with Crippen LogP contribution in [-0.2, 0) is 6.18 Å². The van der Waals surface area contributed by atoms with E-state index in [-0.39, 0.29) is 22.2 Å². The second-order valence-corrected chi connectivity index (χ2v) is 4.38. The molecule has 0 radical (unpaired) electrons. The Kier molecular flexibility index (Phi) is 2.86. The molecule has 102 valence electrons. The van der Waals surface area contributed by atoms with Gasteiger partial charge in [0.05, 0.1) is 18.0 Å². The number of alkyl halides is 3. The van der Waals surface area contributed by atoms with Crippen molar-refractivity contribution in [1.29, 1.82) is 0 Å². The van der Waals surface area contributed by atoms with Crippen molar-refractivity contribution in [3.63, 3.8) is 0 Å². The van der Waals surface area contributed by atoms with Gasteiger partial charge in [-0.1, -0.05) is 29.8 Å². The third-order valence-corrected chi connectivity index (χ3v) is 3.01. The van der Waals surface area contributed by atoms with Crippen LogP contribution >= 0.6 is 11.6 Å². The predicted molar refractivity (Wildman–Crippen MR) is 66.2 cm³/mol. The summed E-state index contributed by atoms with van der Waals surface area (Å²) in [6.45, 7) is 0. The number of hydrogen-bond acceptors (Lipinski definition) is 3. The minimum Gasteiger partial charge on any atom is -0.262 e. The van der Waals surface area contributed by atoms with Crippen molar-refractivity contribution in [1.82, 2.24) is 19.6 Å². The van der Waals surface area contributed by atoms with Crippen LogP contribution in [0.1, 0.15) is 5.56 Å². The molecule has 0 N–H and O–H groups in total. The maximum atomic E-state index is 13.0. The second-order valence-electron chi connectivity index (χ2n) is 3.99. The first-order valence-corrected chi connectivity index (χ1v) is 5.87. The Labute approximate surface area is 115 Å². The molecule has 0 saturated heterocycles. The largest absolute Gasteiger partial charge is 0.417 e. The smallest absolute Gasteiger partial charge is 0.262 e. The third-order valence-electron chi connectivity index (χ3n) is 2.75. The van der Waals surface area contributed by atoms with Gasteiger partial charge in [-0.15, -0.1) is 10.2 Å². The quantitative estimate of drug-likeness (QED) is 0.691. The van der Waals surface area contributed by atoms with Gasteiger partial charge in [-0.05, 0) is 6.07 Å². The van der Waals surface area contributed by atoms with Gasteiger partial charge in [0.25, 0.3) is 0 Å². The Morgan fingerprint density at radius 3 is 2.55 bits per heavy atom. The number of benzene rings is 1. The van der Waals surface area contributed by atoms with Gasteiger partial charge < -0.3 is 0 Å². The number of rotatable bonds is 1. The van der Waals surface area contributed by atoms with Gasteiger partial charge in [0.15, 0.2) is 11.5 Å². The van der Waals surface area contributed by atoms with E-state index in [2.05, 4.69) is 15.2 Å². The molecule has 0 aliphatic carbocycles. The fraction of sp³-hybridized carbons (Fsp3) is 0.0833. The topological polar surface area (TPSA) is 43.1 Å². The highest BCUT2D eigenvalue weighted by atomic mass is 35.5. The van der Waals surface area contributed by atoms with Crippen molar-refractivity contribution < 1.29 is 13.2 Å². The van der Waals surface area contributed by atoms with Crippen molar-refractivity contribution in [2.75, 3.05) is 0 Å². The molecule has 0 aliphatic heterocycles. The first-order chi connectivity index (χ1) is 9.48. The van der Waals surface area contributed by atoms with Crippen LogP contribution < -0.4 is 0 Å². The standard InChI is InChI=1S/C12H6ClF3N4/c13-9-5-17-6-10-18-19-11(20(9)10)7-3-1-2-4-8(7)12(14,15)16/h1-6H. The summed E-state index contributed by atoms with van der Waals surface area (Å²) in [5.41, 5.74) is -0.591. The van der Waals surface area contributed by atoms with E-state index < -0.39 is 11.7 Å². The van der Waals surface area contributed by atoms with Crippen molar-refractivity contribution in [3.8, 4) is 11.4 Å². The summed E-state index contributed by atoms with van der Waals surface area (Å²) in [6, 6.07) is 5.14. The Morgan fingerprint density at radius 2 is 1.80 bits per heavy atom. The lowest BCUT2D eigenvalue weighted by atomic mass is 10.1. The van der Waals surface area contributed by atoms with Gasteiger partial charge in [0.1, 0.15) is 5.15 Å². The predicted octanol–water partition coefficient (Wildman–Crippen LogP) is 3.46. The minimum absolute atomic E-state index is 0.0281. The zero-order valence-corrected chi connectivity index (χ0v) is 10.5.